The van der Waals surface area contributed by atoms with E-state index in [1.165, 1.54) is 23.6 Å². The summed E-state index contributed by atoms with van der Waals surface area (Å²) in [6.45, 7) is 2.32. The lowest BCUT2D eigenvalue weighted by Crippen LogP contribution is -2.45. The van der Waals surface area contributed by atoms with Crippen LogP contribution in [0.3, 0.4) is 0 Å². The van der Waals surface area contributed by atoms with E-state index in [4.69, 9.17) is 0 Å². The van der Waals surface area contributed by atoms with Crippen LogP contribution in [0.4, 0.5) is 4.39 Å². The first-order chi connectivity index (χ1) is 16.0. The van der Waals surface area contributed by atoms with Crippen LogP contribution in [0.15, 0.2) is 48.8 Å². The van der Waals surface area contributed by atoms with E-state index in [1.807, 2.05) is 42.2 Å². The van der Waals surface area contributed by atoms with E-state index in [2.05, 4.69) is 9.97 Å². The highest BCUT2D eigenvalue weighted by Crippen LogP contribution is 2.32. The van der Waals surface area contributed by atoms with Crippen LogP contribution in [0.1, 0.15) is 46.0 Å². The standard InChI is InChI=1S/C25H25FN4O2S/c1-16-27-22(23(33-16)17-7-3-2-4-8-17)25(32)30-10-6-5-9-21(30)12-20-14-29-13-19(26)11-18(15-31)24(29)28-20/h2-4,7-8,11,13-14,21,31H,5-6,9-10,12,15H2,1H3/t21-/m0/s1. The van der Waals surface area contributed by atoms with Crippen LogP contribution in [0.5, 0.6) is 0 Å². The second-order valence-corrected chi connectivity index (χ2v) is 9.64. The number of carbonyl (C=O) groups is 1. The monoisotopic (exact) mass is 464 g/mol. The third-order valence-electron chi connectivity index (χ3n) is 6.12. The number of benzene rings is 1. The molecule has 0 saturated carbocycles. The molecule has 5 rings (SSSR count). The molecule has 3 aromatic heterocycles. The molecule has 1 aliphatic heterocycles. The summed E-state index contributed by atoms with van der Waals surface area (Å²) >= 11 is 1.54. The molecule has 6 nitrogen and oxygen atoms in total. The number of rotatable bonds is 5. The summed E-state index contributed by atoms with van der Waals surface area (Å²) in [5, 5.41) is 10.4. The number of carbonyl (C=O) groups excluding carboxylic acids is 1. The fourth-order valence-corrected chi connectivity index (χ4v) is 5.53. The number of hydrogen-bond donors (Lipinski definition) is 1. The number of aryl methyl sites for hydroxylation is 1. The first kappa shape index (κ1) is 21.7. The van der Waals surface area contributed by atoms with Gasteiger partial charge in [-0.15, -0.1) is 11.3 Å². The topological polar surface area (TPSA) is 70.7 Å². The average molecular weight is 465 g/mol. The Morgan fingerprint density at radius 1 is 1.21 bits per heavy atom. The van der Waals surface area contributed by atoms with Gasteiger partial charge >= 0.3 is 0 Å². The summed E-state index contributed by atoms with van der Waals surface area (Å²) < 4.78 is 15.5. The van der Waals surface area contributed by atoms with Gasteiger partial charge in [-0.05, 0) is 37.8 Å². The zero-order valence-corrected chi connectivity index (χ0v) is 19.2. The van der Waals surface area contributed by atoms with Crippen LogP contribution in [0, 0.1) is 12.7 Å². The maximum Gasteiger partial charge on any atom is 0.274 e. The second kappa shape index (κ2) is 9.03. The summed E-state index contributed by atoms with van der Waals surface area (Å²) in [5.74, 6) is -0.467. The molecule has 1 N–H and O–H groups in total. The fraction of sp³-hybridized carbons (Fsp3) is 0.320. The van der Waals surface area contributed by atoms with Crippen molar-refractivity contribution in [3.05, 3.63) is 76.6 Å². The van der Waals surface area contributed by atoms with Crippen molar-refractivity contribution < 1.29 is 14.3 Å². The van der Waals surface area contributed by atoms with Crippen molar-refractivity contribution in [1.82, 2.24) is 19.3 Å². The van der Waals surface area contributed by atoms with Gasteiger partial charge in [0.1, 0.15) is 17.2 Å². The zero-order chi connectivity index (χ0) is 22.9. The number of likely N-dealkylation sites (tertiary alicyclic amines) is 1. The normalized spacial score (nSPS) is 16.5. The highest BCUT2D eigenvalue weighted by Gasteiger charge is 2.31. The smallest absolute Gasteiger partial charge is 0.274 e. The number of nitrogens with zero attached hydrogens (tertiary/aromatic N) is 4. The van der Waals surface area contributed by atoms with Gasteiger partial charge in [0.15, 0.2) is 0 Å². The van der Waals surface area contributed by atoms with Gasteiger partial charge < -0.3 is 14.4 Å². The van der Waals surface area contributed by atoms with E-state index >= 15 is 0 Å². The lowest BCUT2D eigenvalue weighted by atomic mass is 9.97. The Morgan fingerprint density at radius 2 is 2.03 bits per heavy atom. The quantitative estimate of drug-likeness (QED) is 0.467. The van der Waals surface area contributed by atoms with Crippen molar-refractivity contribution in [3.8, 4) is 10.4 Å². The Bertz CT molecular complexity index is 1300. The molecule has 8 heteroatoms. The van der Waals surface area contributed by atoms with Gasteiger partial charge in [-0.1, -0.05) is 30.3 Å². The van der Waals surface area contributed by atoms with Crippen LogP contribution in [0.2, 0.25) is 0 Å². The SMILES string of the molecule is Cc1nc(C(=O)N2CCCC[C@H]2Cc2cn3cc(F)cc(CO)c3n2)c(-c2ccccc2)s1. The molecule has 4 aromatic rings. The van der Waals surface area contributed by atoms with Gasteiger partial charge in [0.2, 0.25) is 0 Å². The summed E-state index contributed by atoms with van der Waals surface area (Å²) in [4.78, 5) is 25.8. The number of amides is 1. The Hall–Kier alpha value is -3.10. The molecule has 0 radical (unpaired) electrons. The number of pyridine rings is 1. The molecule has 1 saturated heterocycles. The molecular formula is C25H25FN4O2S. The molecule has 4 heterocycles. The summed E-state index contributed by atoms with van der Waals surface area (Å²) in [6, 6.07) is 11.2. The van der Waals surface area contributed by atoms with Crippen LogP contribution in [0.25, 0.3) is 16.1 Å². The van der Waals surface area contributed by atoms with Gasteiger partial charge in [0.05, 0.1) is 22.2 Å². The van der Waals surface area contributed by atoms with Crippen molar-refractivity contribution >= 4 is 22.9 Å². The van der Waals surface area contributed by atoms with Crippen molar-refractivity contribution in [2.24, 2.45) is 0 Å². The summed E-state index contributed by atoms with van der Waals surface area (Å²) in [5.41, 5.74) is 3.28. The van der Waals surface area contributed by atoms with Crippen molar-refractivity contribution in [2.75, 3.05) is 6.54 Å². The van der Waals surface area contributed by atoms with Gasteiger partial charge in [-0.25, -0.2) is 14.4 Å². The number of thiazole rings is 1. The number of hydrogen-bond acceptors (Lipinski definition) is 5. The molecule has 33 heavy (non-hydrogen) atoms. The predicted molar refractivity (Wildman–Crippen MR) is 126 cm³/mol. The molecule has 0 aliphatic carbocycles. The lowest BCUT2D eigenvalue weighted by Gasteiger charge is -2.35. The maximum atomic E-state index is 13.9. The van der Waals surface area contributed by atoms with Crippen LogP contribution < -0.4 is 0 Å². The predicted octanol–water partition coefficient (Wildman–Crippen LogP) is 4.64. The summed E-state index contributed by atoms with van der Waals surface area (Å²) in [7, 11) is 0. The number of piperidine rings is 1. The molecule has 1 fully saturated rings. The Balaban J connectivity index is 1.45. The molecule has 1 aromatic carbocycles. The largest absolute Gasteiger partial charge is 0.392 e. The van der Waals surface area contributed by atoms with Crippen LogP contribution in [-0.2, 0) is 13.0 Å². The van der Waals surface area contributed by atoms with Crippen LogP contribution in [-0.4, -0.2) is 42.9 Å². The van der Waals surface area contributed by atoms with Gasteiger partial charge in [0.25, 0.3) is 5.91 Å². The minimum Gasteiger partial charge on any atom is -0.392 e. The Morgan fingerprint density at radius 3 is 2.82 bits per heavy atom. The first-order valence-electron chi connectivity index (χ1n) is 11.1. The van der Waals surface area contributed by atoms with Gasteiger partial charge in [-0.2, -0.15) is 0 Å². The van der Waals surface area contributed by atoms with E-state index in [-0.39, 0.29) is 18.6 Å². The maximum absolute atomic E-state index is 13.9. The number of aliphatic hydroxyl groups excluding tert-OH is 1. The molecule has 0 bridgehead atoms. The molecule has 1 amide bonds. The van der Waals surface area contributed by atoms with Gasteiger partial charge in [-0.3, -0.25) is 4.79 Å². The summed E-state index contributed by atoms with van der Waals surface area (Å²) in [6.07, 6.45) is 6.60. The zero-order valence-electron chi connectivity index (χ0n) is 18.4. The van der Waals surface area contributed by atoms with Crippen molar-refractivity contribution in [2.45, 2.75) is 45.3 Å². The molecule has 170 valence electrons. The van der Waals surface area contributed by atoms with Crippen LogP contribution >= 0.6 is 11.3 Å². The third-order valence-corrected chi connectivity index (χ3v) is 7.14. The number of aliphatic hydroxyl groups is 1. The Labute approximate surface area is 195 Å². The first-order valence-corrected chi connectivity index (χ1v) is 12.0. The van der Waals surface area contributed by atoms with Gasteiger partial charge in [0, 0.05) is 37.0 Å². The molecule has 1 atom stereocenters. The van der Waals surface area contributed by atoms with E-state index in [0.717, 1.165) is 40.4 Å². The highest BCUT2D eigenvalue weighted by atomic mass is 32.1. The lowest BCUT2D eigenvalue weighted by molar-refractivity contribution is 0.0608. The molecule has 1 aliphatic rings. The van der Waals surface area contributed by atoms with E-state index in [0.29, 0.717) is 29.9 Å². The average Bonchev–Trinajstić information content (AvgIpc) is 3.42. The Kier molecular flexibility index (Phi) is 5.95. The molecular weight excluding hydrogens is 439 g/mol. The fourth-order valence-electron chi connectivity index (χ4n) is 4.61. The number of fused-ring (bicyclic) bond motifs is 1. The highest BCUT2D eigenvalue weighted by molar-refractivity contribution is 7.15. The van der Waals surface area contributed by atoms with Crippen molar-refractivity contribution in [3.63, 3.8) is 0 Å². The number of aromatic nitrogens is 3. The third kappa shape index (κ3) is 4.28. The molecule has 0 spiro atoms. The minimum atomic E-state index is -0.419. The van der Waals surface area contributed by atoms with E-state index in [9.17, 15) is 14.3 Å². The second-order valence-electron chi connectivity index (χ2n) is 8.43. The number of halogens is 1. The minimum absolute atomic E-state index is 0.00999. The van der Waals surface area contributed by atoms with Crippen molar-refractivity contribution in [1.29, 1.82) is 0 Å². The number of imidazole rings is 1. The van der Waals surface area contributed by atoms with E-state index in [1.54, 1.807) is 10.6 Å². The molecule has 0 unspecified atom stereocenters. The van der Waals surface area contributed by atoms with E-state index < -0.39 is 5.82 Å².